The van der Waals surface area contributed by atoms with Crippen LogP contribution in [0, 0.1) is 11.3 Å². The van der Waals surface area contributed by atoms with Gasteiger partial charge in [-0.25, -0.2) is 4.98 Å². The number of nitriles is 1. The maximum Gasteiger partial charge on any atom is 0.131 e. The molecule has 0 atom stereocenters. The molecule has 0 saturated carbocycles. The molecule has 0 aliphatic carbocycles. The Bertz CT molecular complexity index is 561. The third-order valence-electron chi connectivity index (χ3n) is 2.24. The minimum absolute atomic E-state index is 0.459. The molecule has 1 aromatic heterocycles. The number of benzene rings is 1. The van der Waals surface area contributed by atoms with Crippen LogP contribution in [0.3, 0.4) is 0 Å². The molecular weight excluding hydrogens is 234 g/mol. The highest BCUT2D eigenvalue weighted by Crippen LogP contribution is 2.11. The lowest BCUT2D eigenvalue weighted by atomic mass is 10.1. The van der Waals surface area contributed by atoms with Crippen molar-refractivity contribution < 1.29 is 0 Å². The Hall–Kier alpha value is -2.05. The van der Waals surface area contributed by atoms with Gasteiger partial charge in [-0.15, -0.1) is 0 Å². The Labute approximate surface area is 105 Å². The summed E-state index contributed by atoms with van der Waals surface area (Å²) in [5.41, 5.74) is 1.69. The van der Waals surface area contributed by atoms with E-state index in [0.29, 0.717) is 17.3 Å². The van der Waals surface area contributed by atoms with Crippen LogP contribution in [0.5, 0.6) is 0 Å². The second-order valence-electron chi connectivity index (χ2n) is 3.51. The monoisotopic (exact) mass is 243 g/mol. The lowest BCUT2D eigenvalue weighted by Crippen LogP contribution is -2.01. The highest BCUT2D eigenvalue weighted by molar-refractivity contribution is 6.29. The Morgan fingerprint density at radius 3 is 2.82 bits per heavy atom. The van der Waals surface area contributed by atoms with Crippen molar-refractivity contribution in [1.82, 2.24) is 4.98 Å². The summed E-state index contributed by atoms with van der Waals surface area (Å²) in [5, 5.41) is 12.4. The molecule has 2 rings (SSSR count). The molecule has 1 heterocycles. The molecule has 2 aromatic rings. The summed E-state index contributed by atoms with van der Waals surface area (Å²) in [7, 11) is 0. The van der Waals surface area contributed by atoms with Gasteiger partial charge in [-0.1, -0.05) is 29.8 Å². The van der Waals surface area contributed by atoms with E-state index in [2.05, 4.69) is 16.4 Å². The molecule has 0 unspecified atom stereocenters. The maximum absolute atomic E-state index is 8.78. The predicted molar refractivity (Wildman–Crippen MR) is 67.7 cm³/mol. The number of halogens is 1. The van der Waals surface area contributed by atoms with Crippen molar-refractivity contribution in [3.8, 4) is 6.07 Å². The molecule has 4 heteroatoms. The van der Waals surface area contributed by atoms with Gasteiger partial charge in [0.1, 0.15) is 11.0 Å². The minimum atomic E-state index is 0.459. The Morgan fingerprint density at radius 2 is 2.06 bits per heavy atom. The van der Waals surface area contributed by atoms with Crippen molar-refractivity contribution in [1.29, 1.82) is 5.26 Å². The molecule has 1 N–H and O–H groups in total. The highest BCUT2D eigenvalue weighted by Gasteiger charge is 1.97. The number of nitrogens with one attached hydrogen (secondary N) is 1. The topological polar surface area (TPSA) is 48.7 Å². The summed E-state index contributed by atoms with van der Waals surface area (Å²) in [6.07, 6.45) is 0. The quantitative estimate of drug-likeness (QED) is 0.842. The van der Waals surface area contributed by atoms with Crippen LogP contribution >= 0.6 is 11.6 Å². The zero-order valence-electron chi connectivity index (χ0n) is 9.02. The van der Waals surface area contributed by atoms with Gasteiger partial charge in [0.25, 0.3) is 0 Å². The summed E-state index contributed by atoms with van der Waals surface area (Å²) in [6.45, 7) is 0.614. The molecule has 1 aromatic carbocycles. The van der Waals surface area contributed by atoms with Crippen LogP contribution < -0.4 is 5.32 Å². The van der Waals surface area contributed by atoms with E-state index in [1.807, 2.05) is 30.3 Å². The van der Waals surface area contributed by atoms with Gasteiger partial charge < -0.3 is 5.32 Å². The van der Waals surface area contributed by atoms with Crippen molar-refractivity contribution >= 4 is 17.4 Å². The second kappa shape index (κ2) is 5.33. The van der Waals surface area contributed by atoms with Crippen molar-refractivity contribution in [3.05, 3.63) is 58.7 Å². The lowest BCUT2D eigenvalue weighted by Gasteiger charge is -2.05. The van der Waals surface area contributed by atoms with E-state index >= 15 is 0 Å². The normalized spacial score (nSPS) is 9.65. The standard InChI is InChI=1S/C13H10ClN3/c14-12-5-2-6-13(17-12)16-9-11-4-1-3-10(7-11)8-15/h1-7H,9H2,(H,16,17). The smallest absolute Gasteiger partial charge is 0.131 e. The van der Waals surface area contributed by atoms with Gasteiger partial charge in [0, 0.05) is 6.54 Å². The summed E-state index contributed by atoms with van der Waals surface area (Å²) in [6, 6.07) is 15.0. The number of anilines is 1. The SMILES string of the molecule is N#Cc1cccc(CNc2cccc(Cl)n2)c1. The maximum atomic E-state index is 8.78. The van der Waals surface area contributed by atoms with Crippen LogP contribution in [-0.2, 0) is 6.54 Å². The molecule has 0 radical (unpaired) electrons. The summed E-state index contributed by atoms with van der Waals surface area (Å²) in [4.78, 5) is 4.12. The number of aromatic nitrogens is 1. The molecule has 0 saturated heterocycles. The highest BCUT2D eigenvalue weighted by atomic mass is 35.5. The van der Waals surface area contributed by atoms with Gasteiger partial charge in [0.2, 0.25) is 0 Å². The fraction of sp³-hybridized carbons (Fsp3) is 0.0769. The molecule has 3 nitrogen and oxygen atoms in total. The average Bonchev–Trinajstić information content (AvgIpc) is 2.37. The summed E-state index contributed by atoms with van der Waals surface area (Å²) < 4.78 is 0. The van der Waals surface area contributed by atoms with Gasteiger partial charge in [0.05, 0.1) is 11.6 Å². The van der Waals surface area contributed by atoms with Crippen LogP contribution in [0.15, 0.2) is 42.5 Å². The molecular formula is C13H10ClN3. The van der Waals surface area contributed by atoms with Crippen molar-refractivity contribution in [2.75, 3.05) is 5.32 Å². The molecule has 17 heavy (non-hydrogen) atoms. The third-order valence-corrected chi connectivity index (χ3v) is 2.46. The van der Waals surface area contributed by atoms with Gasteiger partial charge in [-0.3, -0.25) is 0 Å². The fourth-order valence-electron chi connectivity index (χ4n) is 1.45. The molecule has 0 aliphatic rings. The van der Waals surface area contributed by atoms with Crippen molar-refractivity contribution in [2.45, 2.75) is 6.54 Å². The first kappa shape index (κ1) is 11.4. The zero-order chi connectivity index (χ0) is 12.1. The lowest BCUT2D eigenvalue weighted by molar-refractivity contribution is 1.11. The molecule has 0 fully saturated rings. The number of pyridine rings is 1. The first-order valence-electron chi connectivity index (χ1n) is 5.13. The van der Waals surface area contributed by atoms with Crippen molar-refractivity contribution in [3.63, 3.8) is 0 Å². The van der Waals surface area contributed by atoms with Crippen LogP contribution in [0.2, 0.25) is 5.15 Å². The Balaban J connectivity index is 2.05. The molecule has 0 amide bonds. The second-order valence-corrected chi connectivity index (χ2v) is 3.90. The molecule has 84 valence electrons. The van der Waals surface area contributed by atoms with E-state index in [-0.39, 0.29) is 0 Å². The first-order chi connectivity index (χ1) is 8.28. The van der Waals surface area contributed by atoms with E-state index in [1.54, 1.807) is 12.1 Å². The van der Waals surface area contributed by atoms with E-state index in [9.17, 15) is 0 Å². The summed E-state index contributed by atoms with van der Waals surface area (Å²) in [5.74, 6) is 0.722. The van der Waals surface area contributed by atoms with E-state index < -0.39 is 0 Å². The average molecular weight is 244 g/mol. The number of hydrogen-bond acceptors (Lipinski definition) is 3. The van der Waals surface area contributed by atoms with Crippen LogP contribution in [0.1, 0.15) is 11.1 Å². The Morgan fingerprint density at radius 1 is 1.24 bits per heavy atom. The van der Waals surface area contributed by atoms with E-state index in [4.69, 9.17) is 16.9 Å². The first-order valence-corrected chi connectivity index (χ1v) is 5.51. The number of nitrogens with zero attached hydrogens (tertiary/aromatic N) is 2. The Kier molecular flexibility index (Phi) is 3.59. The van der Waals surface area contributed by atoms with Crippen LogP contribution in [0.4, 0.5) is 5.82 Å². The van der Waals surface area contributed by atoms with Crippen LogP contribution in [0.25, 0.3) is 0 Å². The zero-order valence-corrected chi connectivity index (χ0v) is 9.78. The largest absolute Gasteiger partial charge is 0.366 e. The fourth-order valence-corrected chi connectivity index (χ4v) is 1.61. The number of hydrogen-bond donors (Lipinski definition) is 1. The van der Waals surface area contributed by atoms with Gasteiger partial charge in [0.15, 0.2) is 0 Å². The van der Waals surface area contributed by atoms with E-state index in [1.165, 1.54) is 0 Å². The van der Waals surface area contributed by atoms with Crippen LogP contribution in [-0.4, -0.2) is 4.98 Å². The van der Waals surface area contributed by atoms with Gasteiger partial charge in [-0.05, 0) is 29.8 Å². The van der Waals surface area contributed by atoms with Crippen molar-refractivity contribution in [2.24, 2.45) is 0 Å². The molecule has 0 aliphatic heterocycles. The molecule has 0 bridgehead atoms. The van der Waals surface area contributed by atoms with Gasteiger partial charge >= 0.3 is 0 Å². The summed E-state index contributed by atoms with van der Waals surface area (Å²) >= 11 is 5.78. The third kappa shape index (κ3) is 3.20. The van der Waals surface area contributed by atoms with E-state index in [0.717, 1.165) is 11.4 Å². The number of rotatable bonds is 3. The van der Waals surface area contributed by atoms with Gasteiger partial charge in [-0.2, -0.15) is 5.26 Å². The molecule has 0 spiro atoms. The minimum Gasteiger partial charge on any atom is -0.366 e. The predicted octanol–water partition coefficient (Wildman–Crippen LogP) is 3.22.